The summed E-state index contributed by atoms with van der Waals surface area (Å²) in [6.45, 7) is 7.37. The summed E-state index contributed by atoms with van der Waals surface area (Å²) >= 11 is 0. The summed E-state index contributed by atoms with van der Waals surface area (Å²) in [5.41, 5.74) is 0.981. The number of nitrogens with zero attached hydrogens (tertiary/aromatic N) is 1. The third-order valence-corrected chi connectivity index (χ3v) is 1.24. The first-order valence-corrected chi connectivity index (χ1v) is 3.11. The Labute approximate surface area is 60.3 Å². The highest BCUT2D eigenvalue weighted by Gasteiger charge is 1.93. The topological polar surface area (TPSA) is 28.7 Å². The van der Waals surface area contributed by atoms with Crippen molar-refractivity contribution in [2.24, 2.45) is 0 Å². The van der Waals surface area contributed by atoms with Crippen molar-refractivity contribution >= 4 is 0 Å². The molecule has 0 saturated heterocycles. The molecule has 0 saturated carbocycles. The molecule has 10 heavy (non-hydrogen) atoms. The summed E-state index contributed by atoms with van der Waals surface area (Å²) in [6, 6.07) is 0. The predicted molar refractivity (Wildman–Crippen MR) is 41.6 cm³/mol. The van der Waals surface area contributed by atoms with Crippen molar-refractivity contribution in [3.05, 3.63) is 43.0 Å². The van der Waals surface area contributed by atoms with E-state index in [1.54, 1.807) is 18.5 Å². The average Bonchev–Trinajstić information content (AvgIpc) is 2.40. The van der Waals surface area contributed by atoms with Crippen LogP contribution in [0.15, 0.2) is 37.2 Å². The lowest BCUT2D eigenvalue weighted by atomic mass is 10.2. The molecule has 0 spiro atoms. The molecule has 0 aromatic carbocycles. The van der Waals surface area contributed by atoms with Gasteiger partial charge in [-0.1, -0.05) is 19.2 Å². The van der Waals surface area contributed by atoms with E-state index in [1.165, 1.54) is 0 Å². The van der Waals surface area contributed by atoms with Crippen molar-refractivity contribution in [2.45, 2.75) is 6.42 Å². The summed E-state index contributed by atoms with van der Waals surface area (Å²) in [6.07, 6.45) is 6.02. The highest BCUT2D eigenvalue weighted by molar-refractivity contribution is 5.16. The summed E-state index contributed by atoms with van der Waals surface area (Å²) in [4.78, 5) is 7.02. The molecule has 1 aromatic rings. The minimum Gasteiger partial charge on any atom is -0.348 e. The molecule has 52 valence electrons. The number of hydrogen-bond acceptors (Lipinski definition) is 1. The van der Waals surface area contributed by atoms with E-state index in [4.69, 9.17) is 0 Å². The molecular weight excluding hydrogens is 124 g/mol. The molecule has 0 aliphatic rings. The lowest BCUT2D eigenvalue weighted by Crippen LogP contribution is -1.87. The second-order valence-electron chi connectivity index (χ2n) is 2.08. The van der Waals surface area contributed by atoms with Gasteiger partial charge >= 0.3 is 0 Å². The van der Waals surface area contributed by atoms with E-state index in [0.29, 0.717) is 0 Å². The van der Waals surface area contributed by atoms with Crippen LogP contribution in [0.25, 0.3) is 0 Å². The third-order valence-electron chi connectivity index (χ3n) is 1.24. The molecule has 0 atom stereocenters. The van der Waals surface area contributed by atoms with E-state index in [-0.39, 0.29) is 0 Å². The number of hydrogen-bond donors (Lipinski definition) is 1. The van der Waals surface area contributed by atoms with E-state index in [9.17, 15) is 0 Å². The first-order chi connectivity index (χ1) is 4.83. The van der Waals surface area contributed by atoms with Crippen molar-refractivity contribution in [1.82, 2.24) is 9.97 Å². The van der Waals surface area contributed by atoms with Gasteiger partial charge in [0.2, 0.25) is 0 Å². The van der Waals surface area contributed by atoms with Crippen LogP contribution in [0.2, 0.25) is 0 Å². The van der Waals surface area contributed by atoms with Crippen LogP contribution in [-0.4, -0.2) is 9.97 Å². The minimum absolute atomic E-state index is 0.760. The molecule has 2 heteroatoms. The molecule has 0 radical (unpaired) electrons. The quantitative estimate of drug-likeness (QED) is 0.626. The number of nitrogens with one attached hydrogen (secondary N) is 1. The van der Waals surface area contributed by atoms with Gasteiger partial charge in [-0.15, -0.1) is 0 Å². The van der Waals surface area contributed by atoms with Crippen LogP contribution in [-0.2, 0) is 6.42 Å². The molecule has 0 aliphatic carbocycles. The molecule has 1 aromatic heterocycles. The van der Waals surface area contributed by atoms with Crippen LogP contribution >= 0.6 is 0 Å². The molecule has 0 fully saturated rings. The molecule has 0 unspecified atom stereocenters. The van der Waals surface area contributed by atoms with Gasteiger partial charge in [0.15, 0.2) is 0 Å². The molecule has 2 nitrogen and oxygen atoms in total. The normalized spacial score (nSPS) is 9.20. The molecular formula is C8H10N2. The second kappa shape index (κ2) is 3.01. The zero-order valence-corrected chi connectivity index (χ0v) is 5.80. The van der Waals surface area contributed by atoms with Gasteiger partial charge in [-0.05, 0) is 5.57 Å². The number of aromatic nitrogens is 2. The Hall–Kier alpha value is -1.31. The van der Waals surface area contributed by atoms with E-state index in [2.05, 4.69) is 23.1 Å². The fourth-order valence-electron chi connectivity index (χ4n) is 0.682. The van der Waals surface area contributed by atoms with E-state index in [0.717, 1.165) is 17.8 Å². The summed E-state index contributed by atoms with van der Waals surface area (Å²) in [7, 11) is 0. The highest BCUT2D eigenvalue weighted by atomic mass is 14.9. The monoisotopic (exact) mass is 134 g/mol. The van der Waals surface area contributed by atoms with Crippen molar-refractivity contribution < 1.29 is 0 Å². The summed E-state index contributed by atoms with van der Waals surface area (Å²) in [5, 5.41) is 0. The Morgan fingerprint density at radius 1 is 1.80 bits per heavy atom. The summed E-state index contributed by atoms with van der Waals surface area (Å²) in [5.74, 6) is 0.935. The zero-order chi connectivity index (χ0) is 7.40. The van der Waals surface area contributed by atoms with Crippen molar-refractivity contribution in [3.8, 4) is 0 Å². The SMILES string of the molecule is C=CC(=C)Cc1ncc[nH]1. The Morgan fingerprint density at radius 3 is 3.10 bits per heavy atom. The average molecular weight is 134 g/mol. The molecule has 1 rings (SSSR count). The minimum atomic E-state index is 0.760. The van der Waals surface area contributed by atoms with Gasteiger partial charge in [-0.3, -0.25) is 0 Å². The van der Waals surface area contributed by atoms with E-state index in [1.807, 2.05) is 0 Å². The van der Waals surface area contributed by atoms with Crippen molar-refractivity contribution in [1.29, 1.82) is 0 Å². The number of allylic oxidation sites excluding steroid dienone is 2. The Balaban J connectivity index is 2.56. The molecule has 1 heterocycles. The first-order valence-electron chi connectivity index (χ1n) is 3.11. The van der Waals surface area contributed by atoms with Crippen molar-refractivity contribution in [3.63, 3.8) is 0 Å². The predicted octanol–water partition coefficient (Wildman–Crippen LogP) is 1.69. The standard InChI is InChI=1S/C8H10N2/c1-3-7(2)6-8-9-4-5-10-8/h3-5H,1-2,6H2,(H,9,10). The van der Waals surface area contributed by atoms with E-state index < -0.39 is 0 Å². The van der Waals surface area contributed by atoms with Gasteiger partial charge in [0.05, 0.1) is 0 Å². The highest BCUT2D eigenvalue weighted by Crippen LogP contribution is 1.99. The number of rotatable bonds is 3. The lowest BCUT2D eigenvalue weighted by Gasteiger charge is -1.92. The van der Waals surface area contributed by atoms with Crippen LogP contribution in [0, 0.1) is 0 Å². The van der Waals surface area contributed by atoms with Gasteiger partial charge in [0, 0.05) is 18.8 Å². The van der Waals surface area contributed by atoms with E-state index >= 15 is 0 Å². The van der Waals surface area contributed by atoms with Crippen LogP contribution in [0.1, 0.15) is 5.82 Å². The number of aromatic amines is 1. The maximum atomic E-state index is 4.04. The molecule has 1 N–H and O–H groups in total. The van der Waals surface area contributed by atoms with Crippen LogP contribution in [0.4, 0.5) is 0 Å². The molecule has 0 bridgehead atoms. The van der Waals surface area contributed by atoms with Gasteiger partial charge in [-0.25, -0.2) is 4.98 Å². The third kappa shape index (κ3) is 1.58. The maximum Gasteiger partial charge on any atom is 0.110 e. The number of H-pyrrole nitrogens is 1. The fourth-order valence-corrected chi connectivity index (χ4v) is 0.682. The number of imidazole rings is 1. The molecule has 0 aliphatic heterocycles. The van der Waals surface area contributed by atoms with Crippen LogP contribution in [0.5, 0.6) is 0 Å². The van der Waals surface area contributed by atoms with Crippen LogP contribution < -0.4 is 0 Å². The largest absolute Gasteiger partial charge is 0.348 e. The Kier molecular flexibility index (Phi) is 2.05. The fraction of sp³-hybridized carbons (Fsp3) is 0.125. The smallest absolute Gasteiger partial charge is 0.110 e. The van der Waals surface area contributed by atoms with Gasteiger partial charge in [-0.2, -0.15) is 0 Å². The van der Waals surface area contributed by atoms with Crippen molar-refractivity contribution in [2.75, 3.05) is 0 Å². The van der Waals surface area contributed by atoms with Gasteiger partial charge in [0.1, 0.15) is 5.82 Å². The maximum absolute atomic E-state index is 4.04. The molecule has 0 amide bonds. The first kappa shape index (κ1) is 6.81. The van der Waals surface area contributed by atoms with Gasteiger partial charge in [0.25, 0.3) is 0 Å². The Morgan fingerprint density at radius 2 is 2.60 bits per heavy atom. The lowest BCUT2D eigenvalue weighted by molar-refractivity contribution is 1.03. The zero-order valence-electron chi connectivity index (χ0n) is 5.80. The Bertz CT molecular complexity index is 221. The second-order valence-corrected chi connectivity index (χ2v) is 2.08. The van der Waals surface area contributed by atoms with Gasteiger partial charge < -0.3 is 4.98 Å². The van der Waals surface area contributed by atoms with Crippen LogP contribution in [0.3, 0.4) is 0 Å². The summed E-state index contributed by atoms with van der Waals surface area (Å²) < 4.78 is 0.